The van der Waals surface area contributed by atoms with E-state index in [0.29, 0.717) is 0 Å². The van der Waals surface area contributed by atoms with Crippen LogP contribution in [-0.2, 0) is 24.1 Å². The van der Waals surface area contributed by atoms with Crippen molar-refractivity contribution in [2.24, 2.45) is 0 Å². The fraction of sp³-hybridized carbons (Fsp3) is 0.500. The molecule has 0 spiro atoms. The van der Waals surface area contributed by atoms with Gasteiger partial charge in [-0.1, -0.05) is 18.2 Å². The number of benzene rings is 1. The molecule has 2 heteroatoms. The second kappa shape index (κ2) is 4.58. The van der Waals surface area contributed by atoms with Crippen molar-refractivity contribution < 1.29 is 4.74 Å². The fourth-order valence-electron chi connectivity index (χ4n) is 1.91. The lowest BCUT2D eigenvalue weighted by molar-refractivity contribution is 0.202. The third-order valence-corrected chi connectivity index (χ3v) is 2.75. The molecule has 2 rings (SSSR count). The average Bonchev–Trinajstić information content (AvgIpc) is 2.26. The fourth-order valence-corrected chi connectivity index (χ4v) is 1.91. The summed E-state index contributed by atoms with van der Waals surface area (Å²) in [5.74, 6) is 0. The highest BCUT2D eigenvalue weighted by Crippen LogP contribution is 2.16. The Bertz CT molecular complexity index is 309. The Kier molecular flexibility index (Phi) is 3.17. The Balaban J connectivity index is 2.12. The SMILES string of the molecule is COCCc1ccc2c(c1)CCNC2. The van der Waals surface area contributed by atoms with E-state index >= 15 is 0 Å². The summed E-state index contributed by atoms with van der Waals surface area (Å²) in [5.41, 5.74) is 4.36. The Hall–Kier alpha value is -0.860. The Morgan fingerprint density at radius 3 is 3.14 bits per heavy atom. The van der Waals surface area contributed by atoms with Crippen LogP contribution in [-0.4, -0.2) is 20.3 Å². The molecule has 0 saturated heterocycles. The number of hydrogen-bond acceptors (Lipinski definition) is 2. The van der Waals surface area contributed by atoms with Gasteiger partial charge in [0.05, 0.1) is 6.61 Å². The molecule has 14 heavy (non-hydrogen) atoms. The van der Waals surface area contributed by atoms with Crippen LogP contribution >= 0.6 is 0 Å². The number of fused-ring (bicyclic) bond motifs is 1. The van der Waals surface area contributed by atoms with Gasteiger partial charge in [0.2, 0.25) is 0 Å². The van der Waals surface area contributed by atoms with Gasteiger partial charge in [0, 0.05) is 13.7 Å². The highest BCUT2D eigenvalue weighted by Gasteiger charge is 2.08. The zero-order valence-electron chi connectivity index (χ0n) is 8.68. The maximum atomic E-state index is 5.08. The third-order valence-electron chi connectivity index (χ3n) is 2.75. The van der Waals surface area contributed by atoms with Gasteiger partial charge in [-0.15, -0.1) is 0 Å². The summed E-state index contributed by atoms with van der Waals surface area (Å²) >= 11 is 0. The van der Waals surface area contributed by atoms with Gasteiger partial charge in [-0.25, -0.2) is 0 Å². The standard InChI is InChI=1S/C12H17NO/c1-14-7-5-10-2-3-12-9-13-6-4-11(12)8-10/h2-3,8,13H,4-7,9H2,1H3. The van der Waals surface area contributed by atoms with Gasteiger partial charge in [-0.3, -0.25) is 0 Å². The average molecular weight is 191 g/mol. The molecule has 76 valence electrons. The zero-order chi connectivity index (χ0) is 9.80. The van der Waals surface area contributed by atoms with E-state index in [2.05, 4.69) is 23.5 Å². The lowest BCUT2D eigenvalue weighted by Gasteiger charge is -2.17. The van der Waals surface area contributed by atoms with Crippen molar-refractivity contribution in [2.75, 3.05) is 20.3 Å². The van der Waals surface area contributed by atoms with Crippen molar-refractivity contribution in [3.05, 3.63) is 34.9 Å². The summed E-state index contributed by atoms with van der Waals surface area (Å²) in [7, 11) is 1.75. The topological polar surface area (TPSA) is 21.3 Å². The lowest BCUT2D eigenvalue weighted by atomic mass is 9.97. The molecule has 0 aliphatic carbocycles. The summed E-state index contributed by atoms with van der Waals surface area (Å²) in [6.45, 7) is 2.96. The van der Waals surface area contributed by atoms with Crippen molar-refractivity contribution in [1.82, 2.24) is 5.32 Å². The zero-order valence-corrected chi connectivity index (χ0v) is 8.68. The highest BCUT2D eigenvalue weighted by molar-refractivity contribution is 5.33. The molecule has 0 saturated carbocycles. The summed E-state index contributed by atoms with van der Waals surface area (Å²) in [4.78, 5) is 0. The van der Waals surface area contributed by atoms with Crippen molar-refractivity contribution >= 4 is 0 Å². The number of methoxy groups -OCH3 is 1. The summed E-state index contributed by atoms with van der Waals surface area (Å²) in [5, 5.41) is 3.38. The van der Waals surface area contributed by atoms with Crippen LogP contribution in [0.2, 0.25) is 0 Å². The number of nitrogens with one attached hydrogen (secondary N) is 1. The molecule has 1 aliphatic rings. The molecule has 1 aromatic rings. The molecule has 1 heterocycles. The molecule has 1 N–H and O–H groups in total. The van der Waals surface area contributed by atoms with Crippen LogP contribution in [0.15, 0.2) is 18.2 Å². The minimum atomic E-state index is 0.817. The first kappa shape index (κ1) is 9.69. The van der Waals surface area contributed by atoms with E-state index in [9.17, 15) is 0 Å². The second-order valence-corrected chi connectivity index (χ2v) is 3.77. The molecule has 0 unspecified atom stereocenters. The maximum absolute atomic E-state index is 5.08. The smallest absolute Gasteiger partial charge is 0.0502 e. The molecule has 1 aromatic carbocycles. The quantitative estimate of drug-likeness (QED) is 0.782. The monoisotopic (exact) mass is 191 g/mol. The van der Waals surface area contributed by atoms with Gasteiger partial charge < -0.3 is 10.1 Å². The summed E-state index contributed by atoms with van der Waals surface area (Å²) in [6.07, 6.45) is 2.19. The van der Waals surface area contributed by atoms with E-state index in [1.807, 2.05) is 0 Å². The molecule has 0 amide bonds. The van der Waals surface area contributed by atoms with Gasteiger partial charge in [0.25, 0.3) is 0 Å². The van der Waals surface area contributed by atoms with Crippen molar-refractivity contribution in [3.63, 3.8) is 0 Å². The Morgan fingerprint density at radius 1 is 1.36 bits per heavy atom. The van der Waals surface area contributed by atoms with Crippen molar-refractivity contribution in [2.45, 2.75) is 19.4 Å². The van der Waals surface area contributed by atoms with Crippen LogP contribution in [0.4, 0.5) is 0 Å². The van der Waals surface area contributed by atoms with Gasteiger partial charge in [-0.2, -0.15) is 0 Å². The van der Waals surface area contributed by atoms with Gasteiger partial charge in [-0.05, 0) is 36.1 Å². The summed E-state index contributed by atoms with van der Waals surface area (Å²) in [6, 6.07) is 6.78. The molecule has 0 aromatic heterocycles. The van der Waals surface area contributed by atoms with Crippen molar-refractivity contribution in [1.29, 1.82) is 0 Å². The third kappa shape index (κ3) is 2.14. The van der Waals surface area contributed by atoms with Gasteiger partial charge >= 0.3 is 0 Å². The van der Waals surface area contributed by atoms with Crippen LogP contribution in [0.5, 0.6) is 0 Å². The van der Waals surface area contributed by atoms with Crippen LogP contribution in [0.1, 0.15) is 16.7 Å². The van der Waals surface area contributed by atoms with Gasteiger partial charge in [0.15, 0.2) is 0 Å². The predicted octanol–water partition coefficient (Wildman–Crippen LogP) is 1.52. The molecule has 1 aliphatic heterocycles. The van der Waals surface area contributed by atoms with E-state index in [1.54, 1.807) is 7.11 Å². The molecule has 2 nitrogen and oxygen atoms in total. The van der Waals surface area contributed by atoms with Gasteiger partial charge in [0.1, 0.15) is 0 Å². The molecule has 0 bridgehead atoms. The normalized spacial score (nSPS) is 15.2. The first-order valence-corrected chi connectivity index (χ1v) is 5.20. The lowest BCUT2D eigenvalue weighted by Crippen LogP contribution is -2.23. The minimum Gasteiger partial charge on any atom is -0.384 e. The van der Waals surface area contributed by atoms with Crippen LogP contribution < -0.4 is 5.32 Å². The predicted molar refractivity (Wildman–Crippen MR) is 57.4 cm³/mol. The van der Waals surface area contributed by atoms with Crippen LogP contribution in [0.3, 0.4) is 0 Å². The van der Waals surface area contributed by atoms with Crippen LogP contribution in [0.25, 0.3) is 0 Å². The maximum Gasteiger partial charge on any atom is 0.0502 e. The van der Waals surface area contributed by atoms with E-state index < -0.39 is 0 Å². The van der Waals surface area contributed by atoms with E-state index in [-0.39, 0.29) is 0 Å². The largest absolute Gasteiger partial charge is 0.384 e. The molecule has 0 radical (unpaired) electrons. The van der Waals surface area contributed by atoms with Crippen LogP contribution in [0, 0.1) is 0 Å². The number of rotatable bonds is 3. The Labute approximate surface area is 85.3 Å². The molecular formula is C12H17NO. The first-order chi connectivity index (χ1) is 6.90. The highest BCUT2D eigenvalue weighted by atomic mass is 16.5. The van der Waals surface area contributed by atoms with Crippen molar-refractivity contribution in [3.8, 4) is 0 Å². The Morgan fingerprint density at radius 2 is 2.29 bits per heavy atom. The first-order valence-electron chi connectivity index (χ1n) is 5.20. The number of ether oxygens (including phenoxy) is 1. The molecule has 0 fully saturated rings. The van der Waals surface area contributed by atoms with E-state index in [4.69, 9.17) is 4.74 Å². The second-order valence-electron chi connectivity index (χ2n) is 3.77. The van der Waals surface area contributed by atoms with E-state index in [1.165, 1.54) is 16.7 Å². The number of hydrogen-bond donors (Lipinski definition) is 1. The van der Waals surface area contributed by atoms with E-state index in [0.717, 1.165) is 32.5 Å². The molecule has 0 atom stereocenters. The minimum absolute atomic E-state index is 0.817. The molecular weight excluding hydrogens is 174 g/mol. The summed E-state index contributed by atoms with van der Waals surface area (Å²) < 4.78 is 5.08.